The second-order valence-corrected chi connectivity index (χ2v) is 13.7. The number of hydrogen-bond donors (Lipinski definition) is 0. The summed E-state index contributed by atoms with van der Waals surface area (Å²) in [5.41, 5.74) is 17.7. The molecule has 0 saturated carbocycles. The second kappa shape index (κ2) is 8.44. The molecule has 0 amide bonds. The highest BCUT2D eigenvalue weighted by atomic mass is 14.5. The van der Waals surface area contributed by atoms with Gasteiger partial charge in [0.2, 0.25) is 0 Å². The number of benzene rings is 4. The van der Waals surface area contributed by atoms with E-state index < -0.39 is 0 Å². The Kier molecular flexibility index (Phi) is 5.39. The first-order valence-corrected chi connectivity index (χ1v) is 15.2. The van der Waals surface area contributed by atoms with Gasteiger partial charge in [0.15, 0.2) is 0 Å². The molecule has 0 aliphatic heterocycles. The molecule has 0 spiro atoms. The van der Waals surface area contributed by atoms with Crippen LogP contribution in [-0.2, 0) is 41.9 Å². The van der Waals surface area contributed by atoms with Crippen LogP contribution in [0, 0.1) is 0 Å². The quantitative estimate of drug-likeness (QED) is 0.213. The van der Waals surface area contributed by atoms with E-state index in [1.165, 1.54) is 81.3 Å². The monoisotopic (exact) mass is 510 g/mol. The molecule has 0 N–H and O–H groups in total. The van der Waals surface area contributed by atoms with Crippen LogP contribution in [0.3, 0.4) is 0 Å². The molecule has 4 aromatic rings. The van der Waals surface area contributed by atoms with Crippen LogP contribution < -0.4 is 0 Å². The predicted octanol–water partition coefficient (Wildman–Crippen LogP) is 9.62. The summed E-state index contributed by atoms with van der Waals surface area (Å²) in [6.45, 7) is 14.2. The highest BCUT2D eigenvalue weighted by Crippen LogP contribution is 2.58. The number of hydrogen-bond acceptors (Lipinski definition) is 0. The van der Waals surface area contributed by atoms with Crippen molar-refractivity contribution >= 4 is 0 Å². The second-order valence-electron chi connectivity index (χ2n) is 13.7. The van der Waals surface area contributed by atoms with Gasteiger partial charge in [-0.05, 0) is 116 Å². The summed E-state index contributed by atoms with van der Waals surface area (Å²) in [6.07, 6.45) is 7.09. The minimum Gasteiger partial charge on any atom is -0.0646 e. The van der Waals surface area contributed by atoms with Crippen molar-refractivity contribution in [2.75, 3.05) is 0 Å². The summed E-state index contributed by atoms with van der Waals surface area (Å²) in [5, 5.41) is 0. The van der Waals surface area contributed by atoms with E-state index in [-0.39, 0.29) is 16.2 Å². The van der Waals surface area contributed by atoms with Crippen LogP contribution in [0.4, 0.5) is 0 Å². The summed E-state index contributed by atoms with van der Waals surface area (Å²) in [7, 11) is 0. The molecule has 7 rings (SSSR count). The molecule has 0 fully saturated rings. The van der Waals surface area contributed by atoms with Crippen LogP contribution in [-0.4, -0.2) is 0 Å². The SMILES string of the molecule is CCC(C)(C)c1ccc2c(c1)C(c1ccc3c(c1)CC3)(c1ccc3c(c1)CC3)c1cc(C(C)(C)CC)ccc1-2. The van der Waals surface area contributed by atoms with Gasteiger partial charge >= 0.3 is 0 Å². The summed E-state index contributed by atoms with van der Waals surface area (Å²) in [4.78, 5) is 0. The van der Waals surface area contributed by atoms with Crippen molar-refractivity contribution in [3.8, 4) is 11.1 Å². The van der Waals surface area contributed by atoms with E-state index in [1.54, 1.807) is 11.1 Å². The van der Waals surface area contributed by atoms with E-state index in [4.69, 9.17) is 0 Å². The minimum atomic E-state index is -0.306. The standard InChI is InChI=1S/C39H42/c1-7-37(3,4)29-17-19-33-34-20-18-30(38(5,6)8-2)24-36(34)39(35(33)23-29,31-15-13-25-9-11-27(25)21-31)32-16-14-26-10-12-28(26)22-32/h13-24H,7-12H2,1-6H3. The van der Waals surface area contributed by atoms with Gasteiger partial charge in [-0.25, -0.2) is 0 Å². The lowest BCUT2D eigenvalue weighted by atomic mass is 9.64. The summed E-state index contributed by atoms with van der Waals surface area (Å²) in [6, 6.07) is 29.8. The fraction of sp³-hybridized carbons (Fsp3) is 0.385. The zero-order chi connectivity index (χ0) is 27.2. The van der Waals surface area contributed by atoms with Crippen molar-refractivity contribution in [1.29, 1.82) is 0 Å². The Morgan fingerprint density at radius 3 is 1.26 bits per heavy atom. The Bertz CT molecular complexity index is 1500. The molecule has 198 valence electrons. The Hall–Kier alpha value is -3.12. The lowest BCUT2D eigenvalue weighted by Crippen LogP contribution is -2.31. The van der Waals surface area contributed by atoms with Gasteiger partial charge in [0, 0.05) is 0 Å². The average Bonchev–Trinajstić information content (AvgIpc) is 3.20. The molecule has 0 saturated heterocycles. The zero-order valence-corrected chi connectivity index (χ0v) is 24.7. The van der Waals surface area contributed by atoms with Gasteiger partial charge in [-0.1, -0.05) is 114 Å². The Morgan fingerprint density at radius 1 is 0.513 bits per heavy atom. The van der Waals surface area contributed by atoms with Crippen molar-refractivity contribution in [3.63, 3.8) is 0 Å². The highest BCUT2D eigenvalue weighted by Gasteiger charge is 2.48. The van der Waals surface area contributed by atoms with E-state index in [0.717, 1.165) is 12.8 Å². The van der Waals surface area contributed by atoms with Crippen molar-refractivity contribution in [2.24, 2.45) is 0 Å². The predicted molar refractivity (Wildman–Crippen MR) is 165 cm³/mol. The van der Waals surface area contributed by atoms with Gasteiger partial charge in [0.1, 0.15) is 0 Å². The highest BCUT2D eigenvalue weighted by molar-refractivity contribution is 5.87. The van der Waals surface area contributed by atoms with Gasteiger partial charge < -0.3 is 0 Å². The van der Waals surface area contributed by atoms with Crippen LogP contribution in [0.2, 0.25) is 0 Å². The maximum Gasteiger partial charge on any atom is 0.0713 e. The molecule has 3 aliphatic carbocycles. The molecule has 0 heteroatoms. The van der Waals surface area contributed by atoms with Crippen molar-refractivity contribution < 1.29 is 0 Å². The van der Waals surface area contributed by atoms with Crippen molar-refractivity contribution in [3.05, 3.63) is 128 Å². The summed E-state index contributed by atoms with van der Waals surface area (Å²) < 4.78 is 0. The normalized spacial score (nSPS) is 16.5. The van der Waals surface area contributed by atoms with E-state index >= 15 is 0 Å². The third-order valence-electron chi connectivity index (χ3n) is 11.1. The molecule has 0 unspecified atom stereocenters. The van der Waals surface area contributed by atoms with Gasteiger partial charge in [0.05, 0.1) is 5.41 Å². The van der Waals surface area contributed by atoms with E-state index in [9.17, 15) is 0 Å². The van der Waals surface area contributed by atoms with Crippen LogP contribution in [0.15, 0.2) is 72.8 Å². The molecule has 0 aromatic heterocycles. The molecule has 0 bridgehead atoms. The van der Waals surface area contributed by atoms with E-state index in [0.29, 0.717) is 0 Å². The van der Waals surface area contributed by atoms with Crippen LogP contribution in [0.25, 0.3) is 11.1 Å². The lowest BCUT2D eigenvalue weighted by molar-refractivity contribution is 0.504. The smallest absolute Gasteiger partial charge is 0.0646 e. The molecule has 0 atom stereocenters. The largest absolute Gasteiger partial charge is 0.0713 e. The number of aryl methyl sites for hydroxylation is 4. The minimum absolute atomic E-state index is 0.131. The maximum atomic E-state index is 2.59. The molecule has 0 nitrogen and oxygen atoms in total. The maximum absolute atomic E-state index is 2.59. The first kappa shape index (κ1) is 24.9. The molecular formula is C39H42. The third kappa shape index (κ3) is 3.43. The first-order chi connectivity index (χ1) is 18.7. The molecule has 39 heavy (non-hydrogen) atoms. The number of fused-ring (bicyclic) bond motifs is 5. The van der Waals surface area contributed by atoms with Crippen LogP contribution in [0.1, 0.15) is 110 Å². The summed E-state index contributed by atoms with van der Waals surface area (Å²) in [5.74, 6) is 0. The van der Waals surface area contributed by atoms with Gasteiger partial charge in [0.25, 0.3) is 0 Å². The average molecular weight is 511 g/mol. The summed E-state index contributed by atoms with van der Waals surface area (Å²) >= 11 is 0. The van der Waals surface area contributed by atoms with Gasteiger partial charge in [-0.3, -0.25) is 0 Å². The lowest BCUT2D eigenvalue weighted by Gasteiger charge is -2.38. The van der Waals surface area contributed by atoms with Gasteiger partial charge in [-0.2, -0.15) is 0 Å². The Balaban J connectivity index is 1.61. The van der Waals surface area contributed by atoms with Crippen molar-refractivity contribution in [2.45, 2.75) is 96.3 Å². The number of rotatable bonds is 6. The van der Waals surface area contributed by atoms with Crippen LogP contribution in [0.5, 0.6) is 0 Å². The topological polar surface area (TPSA) is 0 Å². The first-order valence-electron chi connectivity index (χ1n) is 15.2. The Labute approximate surface area is 235 Å². The van der Waals surface area contributed by atoms with Crippen molar-refractivity contribution in [1.82, 2.24) is 0 Å². The molecule has 0 radical (unpaired) electrons. The van der Waals surface area contributed by atoms with Gasteiger partial charge in [-0.15, -0.1) is 0 Å². The molecule has 3 aliphatic rings. The third-order valence-corrected chi connectivity index (χ3v) is 11.1. The van der Waals surface area contributed by atoms with E-state index in [2.05, 4.69) is 114 Å². The fourth-order valence-corrected chi connectivity index (χ4v) is 7.22. The fourth-order valence-electron chi connectivity index (χ4n) is 7.22. The van der Waals surface area contributed by atoms with E-state index in [1.807, 2.05) is 0 Å². The zero-order valence-electron chi connectivity index (χ0n) is 24.7. The molecule has 0 heterocycles. The molecule has 4 aromatic carbocycles. The van der Waals surface area contributed by atoms with Crippen LogP contribution >= 0.6 is 0 Å². The molecular weight excluding hydrogens is 468 g/mol. The Morgan fingerprint density at radius 2 is 0.923 bits per heavy atom.